The summed E-state index contributed by atoms with van der Waals surface area (Å²) in [5, 5.41) is 2.31. The van der Waals surface area contributed by atoms with Crippen molar-refractivity contribution in [2.45, 2.75) is 52.5 Å². The number of benzene rings is 2. The number of aryl methyl sites for hydroxylation is 2. The molecule has 4 rings (SSSR count). The number of carbonyl (C=O) groups excluding carboxylic acids is 3. The topological polar surface area (TPSA) is 69.7 Å². The zero-order chi connectivity index (χ0) is 23.4. The molecule has 0 aliphatic carbocycles. The second-order valence-electron chi connectivity index (χ2n) is 9.54. The summed E-state index contributed by atoms with van der Waals surface area (Å²) >= 11 is 0. The van der Waals surface area contributed by atoms with E-state index < -0.39 is 17.8 Å². The average Bonchev–Trinajstić information content (AvgIpc) is 2.69. The first kappa shape index (κ1) is 21.8. The van der Waals surface area contributed by atoms with Gasteiger partial charge in [-0.2, -0.15) is 0 Å². The maximum atomic E-state index is 13.2. The van der Waals surface area contributed by atoms with E-state index in [2.05, 4.69) is 50.2 Å². The summed E-state index contributed by atoms with van der Waals surface area (Å²) in [7, 11) is 2.10. The SMILES string of the molecule is Cc1cccc(N2C(=O)NC(=O)/C(=C\c3cc4c(cc3C)N(C)C(C)(C)CC4C)C2=O)c1. The number of fused-ring (bicyclic) bond motifs is 1. The fraction of sp³-hybridized carbons (Fsp3) is 0.346. The molecule has 4 amide bonds. The molecule has 0 spiro atoms. The molecule has 32 heavy (non-hydrogen) atoms. The molecule has 166 valence electrons. The first-order valence-corrected chi connectivity index (χ1v) is 10.9. The molecule has 2 heterocycles. The average molecular weight is 432 g/mol. The van der Waals surface area contributed by atoms with E-state index in [9.17, 15) is 14.4 Å². The minimum atomic E-state index is -0.734. The second kappa shape index (κ2) is 7.62. The summed E-state index contributed by atoms with van der Waals surface area (Å²) in [6.45, 7) is 10.5. The van der Waals surface area contributed by atoms with Crippen LogP contribution in [0.5, 0.6) is 0 Å². The van der Waals surface area contributed by atoms with Crippen LogP contribution in [0.4, 0.5) is 16.2 Å². The first-order chi connectivity index (χ1) is 15.0. The molecule has 6 heteroatoms. The number of amides is 4. The normalized spacial score (nSPS) is 21.6. The highest BCUT2D eigenvalue weighted by Crippen LogP contribution is 2.43. The van der Waals surface area contributed by atoms with Gasteiger partial charge in [-0.05, 0) is 92.6 Å². The molecule has 1 fully saturated rings. The Labute approximate surface area is 188 Å². The fourth-order valence-electron chi connectivity index (χ4n) is 4.70. The molecule has 0 bridgehead atoms. The highest BCUT2D eigenvalue weighted by molar-refractivity contribution is 6.39. The fourth-order valence-corrected chi connectivity index (χ4v) is 4.70. The van der Waals surface area contributed by atoms with Gasteiger partial charge in [0.15, 0.2) is 0 Å². The summed E-state index contributed by atoms with van der Waals surface area (Å²) in [4.78, 5) is 41.6. The third-order valence-electron chi connectivity index (χ3n) is 6.68. The molecule has 1 unspecified atom stereocenters. The van der Waals surface area contributed by atoms with Crippen molar-refractivity contribution in [3.8, 4) is 0 Å². The molecule has 1 atom stereocenters. The smallest absolute Gasteiger partial charge is 0.335 e. The number of rotatable bonds is 2. The number of nitrogens with zero attached hydrogens (tertiary/aromatic N) is 2. The van der Waals surface area contributed by atoms with E-state index in [-0.39, 0.29) is 11.1 Å². The second-order valence-corrected chi connectivity index (χ2v) is 9.54. The zero-order valence-electron chi connectivity index (χ0n) is 19.4. The summed E-state index contributed by atoms with van der Waals surface area (Å²) in [5.41, 5.74) is 5.48. The number of barbiturate groups is 1. The van der Waals surface area contributed by atoms with Gasteiger partial charge in [0.1, 0.15) is 5.57 Å². The van der Waals surface area contributed by atoms with Crippen LogP contribution in [0.15, 0.2) is 42.0 Å². The largest absolute Gasteiger partial charge is 0.369 e. The van der Waals surface area contributed by atoms with Crippen molar-refractivity contribution < 1.29 is 14.4 Å². The quantitative estimate of drug-likeness (QED) is 0.553. The van der Waals surface area contributed by atoms with Gasteiger partial charge < -0.3 is 4.90 Å². The third kappa shape index (κ3) is 3.60. The number of urea groups is 1. The summed E-state index contributed by atoms with van der Waals surface area (Å²) in [6.07, 6.45) is 2.61. The monoisotopic (exact) mass is 431 g/mol. The Morgan fingerprint density at radius 1 is 1.09 bits per heavy atom. The van der Waals surface area contributed by atoms with Crippen LogP contribution in [0.1, 0.15) is 55.4 Å². The van der Waals surface area contributed by atoms with E-state index in [1.54, 1.807) is 24.3 Å². The molecule has 1 saturated heterocycles. The Morgan fingerprint density at radius 3 is 2.50 bits per heavy atom. The Hall–Kier alpha value is -3.41. The standard InChI is InChI=1S/C26H29N3O3/c1-15-8-7-9-19(10-15)29-24(31)21(23(30)27-25(29)32)13-18-12-20-17(3)14-26(4,5)28(6)22(20)11-16(18)2/h7-13,17H,14H2,1-6H3,(H,27,30,32)/b21-13+. The van der Waals surface area contributed by atoms with Crippen molar-refractivity contribution >= 4 is 35.3 Å². The molecule has 2 aliphatic heterocycles. The highest BCUT2D eigenvalue weighted by Gasteiger charge is 2.38. The number of imide groups is 2. The van der Waals surface area contributed by atoms with Crippen LogP contribution in [-0.4, -0.2) is 30.4 Å². The van der Waals surface area contributed by atoms with E-state index in [0.717, 1.165) is 28.0 Å². The van der Waals surface area contributed by atoms with Gasteiger partial charge in [-0.1, -0.05) is 19.1 Å². The molecule has 6 nitrogen and oxygen atoms in total. The van der Waals surface area contributed by atoms with Crippen LogP contribution >= 0.6 is 0 Å². The number of carbonyl (C=O) groups is 3. The zero-order valence-corrected chi connectivity index (χ0v) is 19.4. The maximum Gasteiger partial charge on any atom is 0.335 e. The predicted octanol–water partition coefficient (Wildman–Crippen LogP) is 4.69. The van der Waals surface area contributed by atoms with Gasteiger partial charge in [0.05, 0.1) is 5.69 Å². The molecule has 2 aromatic carbocycles. The molecule has 1 N–H and O–H groups in total. The Bertz CT molecular complexity index is 1180. The summed E-state index contributed by atoms with van der Waals surface area (Å²) in [5.74, 6) is -0.949. The van der Waals surface area contributed by atoms with E-state index in [0.29, 0.717) is 11.6 Å². The van der Waals surface area contributed by atoms with Crippen LogP contribution in [-0.2, 0) is 9.59 Å². The van der Waals surface area contributed by atoms with Crippen molar-refractivity contribution in [2.24, 2.45) is 0 Å². The van der Waals surface area contributed by atoms with Gasteiger partial charge >= 0.3 is 6.03 Å². The minimum Gasteiger partial charge on any atom is -0.369 e. The lowest BCUT2D eigenvalue weighted by atomic mass is 9.79. The molecular weight excluding hydrogens is 402 g/mol. The summed E-state index contributed by atoms with van der Waals surface area (Å²) in [6, 6.07) is 10.5. The van der Waals surface area contributed by atoms with E-state index in [1.807, 2.05) is 19.9 Å². The van der Waals surface area contributed by atoms with Gasteiger partial charge in [0.2, 0.25) is 0 Å². The van der Waals surface area contributed by atoms with Gasteiger partial charge in [-0.3, -0.25) is 14.9 Å². The number of anilines is 2. The Kier molecular flexibility index (Phi) is 5.19. The van der Waals surface area contributed by atoms with Crippen molar-refractivity contribution in [3.63, 3.8) is 0 Å². The third-order valence-corrected chi connectivity index (χ3v) is 6.68. The lowest BCUT2D eigenvalue weighted by molar-refractivity contribution is -0.122. The molecule has 0 aromatic heterocycles. The van der Waals surface area contributed by atoms with Crippen LogP contribution in [0.25, 0.3) is 6.08 Å². The van der Waals surface area contributed by atoms with Crippen LogP contribution in [0.2, 0.25) is 0 Å². The summed E-state index contributed by atoms with van der Waals surface area (Å²) < 4.78 is 0. The van der Waals surface area contributed by atoms with Crippen molar-refractivity contribution in [3.05, 3.63) is 64.2 Å². The van der Waals surface area contributed by atoms with E-state index in [4.69, 9.17) is 0 Å². The molecular formula is C26H29N3O3. The maximum absolute atomic E-state index is 13.2. The first-order valence-electron chi connectivity index (χ1n) is 10.9. The van der Waals surface area contributed by atoms with E-state index >= 15 is 0 Å². The van der Waals surface area contributed by atoms with Gasteiger partial charge in [-0.25, -0.2) is 9.69 Å². The van der Waals surface area contributed by atoms with Gasteiger partial charge in [0.25, 0.3) is 11.8 Å². The van der Waals surface area contributed by atoms with Crippen molar-refractivity contribution in [2.75, 3.05) is 16.8 Å². The molecule has 2 aliphatic rings. The Balaban J connectivity index is 1.78. The van der Waals surface area contributed by atoms with Crippen LogP contribution < -0.4 is 15.1 Å². The molecule has 0 saturated carbocycles. The predicted molar refractivity (Wildman–Crippen MR) is 127 cm³/mol. The van der Waals surface area contributed by atoms with Crippen molar-refractivity contribution in [1.29, 1.82) is 0 Å². The molecule has 2 aromatic rings. The Morgan fingerprint density at radius 2 is 1.81 bits per heavy atom. The van der Waals surface area contributed by atoms with Gasteiger partial charge in [0, 0.05) is 18.3 Å². The van der Waals surface area contributed by atoms with Gasteiger partial charge in [-0.15, -0.1) is 0 Å². The van der Waals surface area contributed by atoms with Crippen LogP contribution in [0, 0.1) is 13.8 Å². The highest BCUT2D eigenvalue weighted by atomic mass is 16.2. The van der Waals surface area contributed by atoms with Crippen molar-refractivity contribution in [1.82, 2.24) is 5.32 Å². The number of nitrogens with one attached hydrogen (secondary N) is 1. The molecule has 0 radical (unpaired) electrons. The van der Waals surface area contributed by atoms with Crippen LogP contribution in [0.3, 0.4) is 0 Å². The lowest BCUT2D eigenvalue weighted by Crippen LogP contribution is -2.54. The number of hydrogen-bond donors (Lipinski definition) is 1. The lowest BCUT2D eigenvalue weighted by Gasteiger charge is -2.45. The minimum absolute atomic E-state index is 0.0484. The van der Waals surface area contributed by atoms with E-state index in [1.165, 1.54) is 11.3 Å². The number of hydrogen-bond acceptors (Lipinski definition) is 4.